The van der Waals surface area contributed by atoms with Crippen molar-refractivity contribution in [2.45, 2.75) is 19.9 Å². The maximum Gasteiger partial charge on any atom is 0.323 e. The van der Waals surface area contributed by atoms with Crippen molar-refractivity contribution in [3.05, 3.63) is 24.3 Å². The Morgan fingerprint density at radius 1 is 1.25 bits per heavy atom. The number of para-hydroxylation sites is 2. The normalized spacial score (nSPS) is 10.2. The highest BCUT2D eigenvalue weighted by Crippen LogP contribution is 2.25. The predicted molar refractivity (Wildman–Crippen MR) is 73.0 cm³/mol. The van der Waals surface area contributed by atoms with E-state index >= 15 is 0 Å². The Kier molecular flexibility index (Phi) is 5.83. The van der Waals surface area contributed by atoms with E-state index < -0.39 is 5.97 Å². The largest absolute Gasteiger partial charge is 0.493 e. The molecule has 0 saturated carbocycles. The van der Waals surface area contributed by atoms with Crippen LogP contribution >= 0.6 is 0 Å². The molecule has 110 valence electrons. The second kappa shape index (κ2) is 7.37. The lowest BCUT2D eigenvalue weighted by Crippen LogP contribution is -2.43. The number of carbonyl (C=O) groups excluding carboxylic acids is 1. The number of benzene rings is 1. The minimum absolute atomic E-state index is 0.208. The van der Waals surface area contributed by atoms with E-state index in [0.717, 1.165) is 0 Å². The van der Waals surface area contributed by atoms with Gasteiger partial charge in [-0.2, -0.15) is 0 Å². The van der Waals surface area contributed by atoms with E-state index in [9.17, 15) is 9.59 Å². The lowest BCUT2D eigenvalue weighted by Gasteiger charge is -2.24. The van der Waals surface area contributed by atoms with E-state index in [4.69, 9.17) is 14.6 Å². The maximum absolute atomic E-state index is 12.0. The molecule has 1 amide bonds. The number of methoxy groups -OCH3 is 1. The van der Waals surface area contributed by atoms with Gasteiger partial charge in [-0.15, -0.1) is 0 Å². The highest BCUT2D eigenvalue weighted by atomic mass is 16.5. The smallest absolute Gasteiger partial charge is 0.323 e. The molecular formula is C14H19NO5. The van der Waals surface area contributed by atoms with Crippen LogP contribution in [0.25, 0.3) is 0 Å². The summed E-state index contributed by atoms with van der Waals surface area (Å²) >= 11 is 0. The number of hydrogen-bond acceptors (Lipinski definition) is 4. The molecule has 0 unspecified atom stereocenters. The van der Waals surface area contributed by atoms with E-state index in [1.54, 1.807) is 38.1 Å². The molecule has 1 aromatic rings. The zero-order valence-electron chi connectivity index (χ0n) is 11.8. The zero-order valence-corrected chi connectivity index (χ0v) is 11.8. The first kappa shape index (κ1) is 15.8. The number of carboxylic acids is 1. The van der Waals surface area contributed by atoms with Crippen molar-refractivity contribution in [1.82, 2.24) is 4.90 Å². The van der Waals surface area contributed by atoms with Crippen LogP contribution in [-0.4, -0.2) is 48.2 Å². The number of nitrogens with zero attached hydrogens (tertiary/aromatic N) is 1. The Balaban J connectivity index is 2.67. The quantitative estimate of drug-likeness (QED) is 0.817. The molecule has 0 fully saturated rings. The summed E-state index contributed by atoms with van der Waals surface area (Å²) in [6.07, 6.45) is 0. The first-order chi connectivity index (χ1) is 9.45. The van der Waals surface area contributed by atoms with Gasteiger partial charge in [0.1, 0.15) is 6.54 Å². The molecule has 0 aliphatic heterocycles. The van der Waals surface area contributed by atoms with Crippen molar-refractivity contribution in [3.63, 3.8) is 0 Å². The molecule has 0 heterocycles. The fourth-order valence-corrected chi connectivity index (χ4v) is 1.66. The summed E-state index contributed by atoms with van der Waals surface area (Å²) in [7, 11) is 1.51. The molecule has 0 aliphatic carbocycles. The van der Waals surface area contributed by atoms with Crippen LogP contribution in [-0.2, 0) is 9.59 Å². The van der Waals surface area contributed by atoms with Crippen LogP contribution in [0.4, 0.5) is 0 Å². The van der Waals surface area contributed by atoms with Crippen molar-refractivity contribution < 1.29 is 24.2 Å². The molecule has 0 radical (unpaired) electrons. The fourth-order valence-electron chi connectivity index (χ4n) is 1.66. The van der Waals surface area contributed by atoms with Gasteiger partial charge >= 0.3 is 5.97 Å². The van der Waals surface area contributed by atoms with Crippen molar-refractivity contribution in [3.8, 4) is 11.5 Å². The Morgan fingerprint density at radius 2 is 1.85 bits per heavy atom. The zero-order chi connectivity index (χ0) is 15.1. The van der Waals surface area contributed by atoms with Gasteiger partial charge in [-0.25, -0.2) is 0 Å². The lowest BCUT2D eigenvalue weighted by molar-refractivity contribution is -0.146. The molecule has 0 aliphatic rings. The summed E-state index contributed by atoms with van der Waals surface area (Å²) in [6.45, 7) is 2.94. The van der Waals surface area contributed by atoms with E-state index in [0.29, 0.717) is 11.5 Å². The van der Waals surface area contributed by atoms with Crippen molar-refractivity contribution in [2.75, 3.05) is 20.3 Å². The topological polar surface area (TPSA) is 76.1 Å². The third-order valence-electron chi connectivity index (χ3n) is 2.67. The van der Waals surface area contributed by atoms with Crippen LogP contribution in [0.15, 0.2) is 24.3 Å². The first-order valence-electron chi connectivity index (χ1n) is 6.22. The molecule has 0 aromatic heterocycles. The predicted octanol–water partition coefficient (Wildman–Crippen LogP) is 1.40. The lowest BCUT2D eigenvalue weighted by atomic mass is 10.3. The number of amides is 1. The number of carbonyl (C=O) groups is 2. The third-order valence-corrected chi connectivity index (χ3v) is 2.67. The number of carboxylic acid groups (broad SMARTS) is 1. The molecule has 0 saturated heterocycles. The number of hydrogen-bond donors (Lipinski definition) is 1. The monoisotopic (exact) mass is 281 g/mol. The van der Waals surface area contributed by atoms with Gasteiger partial charge < -0.3 is 19.5 Å². The van der Waals surface area contributed by atoms with Gasteiger partial charge in [0, 0.05) is 6.04 Å². The summed E-state index contributed by atoms with van der Waals surface area (Å²) in [4.78, 5) is 24.0. The summed E-state index contributed by atoms with van der Waals surface area (Å²) in [5.41, 5.74) is 0. The minimum Gasteiger partial charge on any atom is -0.493 e. The van der Waals surface area contributed by atoms with Crippen LogP contribution in [0.1, 0.15) is 13.8 Å². The Morgan fingerprint density at radius 3 is 2.35 bits per heavy atom. The van der Waals surface area contributed by atoms with Gasteiger partial charge in [0.2, 0.25) is 0 Å². The van der Waals surface area contributed by atoms with Gasteiger partial charge in [-0.05, 0) is 26.0 Å². The summed E-state index contributed by atoms with van der Waals surface area (Å²) in [5.74, 6) is -0.463. The van der Waals surface area contributed by atoms with Crippen molar-refractivity contribution in [2.24, 2.45) is 0 Å². The van der Waals surface area contributed by atoms with Crippen molar-refractivity contribution in [1.29, 1.82) is 0 Å². The average Bonchev–Trinajstić information content (AvgIpc) is 2.42. The van der Waals surface area contributed by atoms with Crippen LogP contribution < -0.4 is 9.47 Å². The van der Waals surface area contributed by atoms with E-state index in [1.165, 1.54) is 12.0 Å². The highest BCUT2D eigenvalue weighted by Gasteiger charge is 2.20. The van der Waals surface area contributed by atoms with Crippen LogP contribution in [0, 0.1) is 0 Å². The molecule has 1 aromatic carbocycles. The number of aliphatic carboxylic acids is 1. The second-order valence-corrected chi connectivity index (χ2v) is 4.45. The van der Waals surface area contributed by atoms with Gasteiger partial charge in [-0.1, -0.05) is 12.1 Å². The molecule has 6 nitrogen and oxygen atoms in total. The fraction of sp³-hybridized carbons (Fsp3) is 0.429. The van der Waals surface area contributed by atoms with Crippen LogP contribution in [0.2, 0.25) is 0 Å². The molecule has 0 atom stereocenters. The molecule has 0 bridgehead atoms. The maximum atomic E-state index is 12.0. The van der Waals surface area contributed by atoms with Gasteiger partial charge in [-0.3, -0.25) is 9.59 Å². The first-order valence-corrected chi connectivity index (χ1v) is 6.22. The second-order valence-electron chi connectivity index (χ2n) is 4.45. The Labute approximate surface area is 117 Å². The summed E-state index contributed by atoms with van der Waals surface area (Å²) in [5, 5.41) is 8.79. The van der Waals surface area contributed by atoms with E-state index in [2.05, 4.69) is 0 Å². The minimum atomic E-state index is -1.05. The number of rotatable bonds is 7. The van der Waals surface area contributed by atoms with Crippen molar-refractivity contribution >= 4 is 11.9 Å². The van der Waals surface area contributed by atoms with Gasteiger partial charge in [0.25, 0.3) is 5.91 Å². The van der Waals surface area contributed by atoms with Crippen LogP contribution in [0.3, 0.4) is 0 Å². The van der Waals surface area contributed by atoms with Gasteiger partial charge in [0.15, 0.2) is 18.1 Å². The SMILES string of the molecule is COc1ccccc1OCC(=O)N(CC(=O)O)C(C)C. The Bertz CT molecular complexity index is 472. The van der Waals surface area contributed by atoms with Crippen LogP contribution in [0.5, 0.6) is 11.5 Å². The summed E-state index contributed by atoms with van der Waals surface area (Å²) < 4.78 is 10.5. The summed E-state index contributed by atoms with van der Waals surface area (Å²) in [6, 6.07) is 6.75. The number of ether oxygens (including phenoxy) is 2. The van der Waals surface area contributed by atoms with E-state index in [-0.39, 0.29) is 25.1 Å². The highest BCUT2D eigenvalue weighted by molar-refractivity contribution is 5.82. The molecule has 1 rings (SSSR count). The Hall–Kier alpha value is -2.24. The van der Waals surface area contributed by atoms with E-state index in [1.807, 2.05) is 0 Å². The molecular weight excluding hydrogens is 262 g/mol. The molecule has 20 heavy (non-hydrogen) atoms. The standard InChI is InChI=1S/C14H19NO5/c1-10(2)15(8-14(17)18)13(16)9-20-12-7-5-4-6-11(12)19-3/h4-7,10H,8-9H2,1-3H3,(H,17,18). The molecule has 1 N–H and O–H groups in total. The van der Waals surface area contributed by atoms with Gasteiger partial charge in [0.05, 0.1) is 7.11 Å². The average molecular weight is 281 g/mol. The molecule has 6 heteroatoms. The molecule has 0 spiro atoms. The third kappa shape index (κ3) is 4.46.